The second-order valence-electron chi connectivity index (χ2n) is 3.84. The molecule has 0 unspecified atom stereocenters. The molecule has 0 aliphatic heterocycles. The summed E-state index contributed by atoms with van der Waals surface area (Å²) < 4.78 is 27.4. The molecule has 2 rings (SSSR count). The highest BCUT2D eigenvalue weighted by molar-refractivity contribution is 5.19. The normalized spacial score (nSPS) is 10.8. The Hall–Kier alpha value is -1.71. The molecule has 1 aromatic heterocycles. The molecule has 0 spiro atoms. The van der Waals surface area contributed by atoms with Crippen LogP contribution in [0.4, 0.5) is 8.78 Å². The first kappa shape index (κ1) is 10.8. The molecule has 2 aromatic rings. The minimum absolute atomic E-state index is 0.450. The number of benzene rings is 1. The van der Waals surface area contributed by atoms with Crippen LogP contribution in [0.25, 0.3) is 0 Å². The van der Waals surface area contributed by atoms with Gasteiger partial charge in [0, 0.05) is 6.20 Å². The summed E-state index contributed by atoms with van der Waals surface area (Å²) in [5, 5.41) is 4.26. The van der Waals surface area contributed by atoms with Gasteiger partial charge in [-0.3, -0.25) is 4.68 Å². The number of hydrogen-bond acceptors (Lipinski definition) is 1. The van der Waals surface area contributed by atoms with Crippen molar-refractivity contribution < 1.29 is 8.78 Å². The molecule has 0 radical (unpaired) electrons. The SMILES string of the molecule is Cc1cn(Cc2ccc(F)c(F)c2)nc1C. The second-order valence-corrected chi connectivity index (χ2v) is 3.84. The van der Waals surface area contributed by atoms with E-state index in [1.807, 2.05) is 20.0 Å². The van der Waals surface area contributed by atoms with Crippen molar-refractivity contribution in [2.75, 3.05) is 0 Å². The smallest absolute Gasteiger partial charge is 0.159 e. The van der Waals surface area contributed by atoms with Gasteiger partial charge in [-0.1, -0.05) is 6.07 Å². The second kappa shape index (κ2) is 4.04. The molecular formula is C12H12F2N2. The van der Waals surface area contributed by atoms with Crippen molar-refractivity contribution in [1.29, 1.82) is 0 Å². The molecule has 84 valence electrons. The first-order valence-corrected chi connectivity index (χ1v) is 5.01. The van der Waals surface area contributed by atoms with Crippen molar-refractivity contribution in [2.45, 2.75) is 20.4 Å². The van der Waals surface area contributed by atoms with Gasteiger partial charge in [-0.15, -0.1) is 0 Å². The molecule has 1 heterocycles. The van der Waals surface area contributed by atoms with Crippen LogP contribution in [-0.2, 0) is 6.54 Å². The molecule has 0 amide bonds. The van der Waals surface area contributed by atoms with Crippen LogP contribution in [0, 0.1) is 25.5 Å². The van der Waals surface area contributed by atoms with Crippen molar-refractivity contribution in [1.82, 2.24) is 9.78 Å². The van der Waals surface area contributed by atoms with Crippen molar-refractivity contribution in [3.63, 3.8) is 0 Å². The van der Waals surface area contributed by atoms with E-state index in [4.69, 9.17) is 0 Å². The van der Waals surface area contributed by atoms with Crippen LogP contribution in [0.5, 0.6) is 0 Å². The largest absolute Gasteiger partial charge is 0.268 e. The van der Waals surface area contributed by atoms with Gasteiger partial charge in [-0.05, 0) is 37.1 Å². The molecule has 0 fully saturated rings. The highest BCUT2D eigenvalue weighted by Crippen LogP contribution is 2.11. The van der Waals surface area contributed by atoms with Crippen molar-refractivity contribution in [2.24, 2.45) is 0 Å². The molecule has 0 N–H and O–H groups in total. The monoisotopic (exact) mass is 222 g/mol. The fourth-order valence-electron chi connectivity index (χ4n) is 1.52. The summed E-state index contributed by atoms with van der Waals surface area (Å²) in [5.74, 6) is -1.64. The summed E-state index contributed by atoms with van der Waals surface area (Å²) in [7, 11) is 0. The van der Waals surface area contributed by atoms with Gasteiger partial charge in [0.25, 0.3) is 0 Å². The minimum atomic E-state index is -0.823. The van der Waals surface area contributed by atoms with E-state index >= 15 is 0 Å². The Labute approximate surface area is 92.5 Å². The van der Waals surface area contributed by atoms with E-state index in [0.29, 0.717) is 12.1 Å². The third-order valence-corrected chi connectivity index (χ3v) is 2.52. The van der Waals surface area contributed by atoms with Gasteiger partial charge in [0.2, 0.25) is 0 Å². The summed E-state index contributed by atoms with van der Waals surface area (Å²) in [5.41, 5.74) is 2.73. The zero-order valence-electron chi connectivity index (χ0n) is 9.17. The first-order valence-electron chi connectivity index (χ1n) is 5.01. The molecule has 4 heteroatoms. The number of halogens is 2. The summed E-state index contributed by atoms with van der Waals surface area (Å²) in [4.78, 5) is 0. The number of aryl methyl sites for hydroxylation is 2. The Kier molecular flexibility index (Phi) is 2.73. The fourth-order valence-corrected chi connectivity index (χ4v) is 1.52. The lowest BCUT2D eigenvalue weighted by atomic mass is 10.2. The zero-order chi connectivity index (χ0) is 11.7. The Morgan fingerprint density at radius 2 is 1.94 bits per heavy atom. The lowest BCUT2D eigenvalue weighted by Gasteiger charge is -2.02. The van der Waals surface area contributed by atoms with E-state index in [-0.39, 0.29) is 0 Å². The standard InChI is InChI=1S/C12H12F2N2/c1-8-6-16(15-9(8)2)7-10-3-4-11(13)12(14)5-10/h3-6H,7H2,1-2H3. The lowest BCUT2D eigenvalue weighted by Crippen LogP contribution is -2.01. The predicted octanol–water partition coefficient (Wildman–Crippen LogP) is 2.83. The van der Waals surface area contributed by atoms with Gasteiger partial charge in [-0.25, -0.2) is 8.78 Å². The Bertz CT molecular complexity index is 498. The van der Waals surface area contributed by atoms with E-state index in [2.05, 4.69) is 5.10 Å². The molecule has 0 saturated carbocycles. The van der Waals surface area contributed by atoms with E-state index in [1.54, 1.807) is 10.7 Å². The van der Waals surface area contributed by atoms with Crippen LogP contribution in [-0.4, -0.2) is 9.78 Å². The highest BCUT2D eigenvalue weighted by Gasteiger charge is 2.04. The van der Waals surface area contributed by atoms with E-state index < -0.39 is 11.6 Å². The van der Waals surface area contributed by atoms with Crippen LogP contribution in [0.1, 0.15) is 16.8 Å². The fraction of sp³-hybridized carbons (Fsp3) is 0.250. The maximum Gasteiger partial charge on any atom is 0.159 e. The van der Waals surface area contributed by atoms with Crippen LogP contribution >= 0.6 is 0 Å². The van der Waals surface area contributed by atoms with Crippen molar-refractivity contribution in [3.05, 3.63) is 52.9 Å². The molecular weight excluding hydrogens is 210 g/mol. The topological polar surface area (TPSA) is 17.8 Å². The quantitative estimate of drug-likeness (QED) is 0.764. The third-order valence-electron chi connectivity index (χ3n) is 2.52. The zero-order valence-corrected chi connectivity index (χ0v) is 9.17. The number of rotatable bonds is 2. The van der Waals surface area contributed by atoms with Gasteiger partial charge in [0.05, 0.1) is 12.2 Å². The molecule has 0 aliphatic carbocycles. The molecule has 0 saturated heterocycles. The molecule has 2 nitrogen and oxygen atoms in total. The van der Waals surface area contributed by atoms with Crippen LogP contribution in [0.3, 0.4) is 0 Å². The van der Waals surface area contributed by atoms with Gasteiger partial charge in [0.15, 0.2) is 11.6 Å². The summed E-state index contributed by atoms with van der Waals surface area (Å²) in [6.07, 6.45) is 1.89. The number of aromatic nitrogens is 2. The molecule has 16 heavy (non-hydrogen) atoms. The lowest BCUT2D eigenvalue weighted by molar-refractivity contribution is 0.505. The van der Waals surface area contributed by atoms with Gasteiger partial charge in [0.1, 0.15) is 0 Å². The van der Waals surface area contributed by atoms with E-state index in [0.717, 1.165) is 17.3 Å². The van der Waals surface area contributed by atoms with Crippen LogP contribution in [0.15, 0.2) is 24.4 Å². The summed E-state index contributed by atoms with van der Waals surface area (Å²) in [6.45, 7) is 4.33. The molecule has 0 aliphatic rings. The van der Waals surface area contributed by atoms with Crippen molar-refractivity contribution in [3.8, 4) is 0 Å². The maximum atomic E-state index is 13.0. The van der Waals surface area contributed by atoms with Crippen LogP contribution in [0.2, 0.25) is 0 Å². The van der Waals surface area contributed by atoms with E-state index in [9.17, 15) is 8.78 Å². The average molecular weight is 222 g/mol. The number of hydrogen-bond donors (Lipinski definition) is 0. The van der Waals surface area contributed by atoms with Crippen LogP contribution < -0.4 is 0 Å². The minimum Gasteiger partial charge on any atom is -0.268 e. The predicted molar refractivity (Wildman–Crippen MR) is 57.2 cm³/mol. The molecule has 1 aromatic carbocycles. The average Bonchev–Trinajstić information content (AvgIpc) is 2.52. The number of nitrogens with zero attached hydrogens (tertiary/aromatic N) is 2. The van der Waals surface area contributed by atoms with Gasteiger partial charge < -0.3 is 0 Å². The summed E-state index contributed by atoms with van der Waals surface area (Å²) in [6, 6.07) is 3.89. The molecule has 0 bridgehead atoms. The first-order chi connectivity index (χ1) is 7.56. The van der Waals surface area contributed by atoms with Gasteiger partial charge >= 0.3 is 0 Å². The third kappa shape index (κ3) is 2.10. The Morgan fingerprint density at radius 1 is 1.19 bits per heavy atom. The Morgan fingerprint density at radius 3 is 2.50 bits per heavy atom. The maximum absolute atomic E-state index is 13.0. The highest BCUT2D eigenvalue weighted by atomic mass is 19.2. The Balaban J connectivity index is 2.23. The van der Waals surface area contributed by atoms with E-state index in [1.165, 1.54) is 6.07 Å². The van der Waals surface area contributed by atoms with Crippen molar-refractivity contribution >= 4 is 0 Å². The van der Waals surface area contributed by atoms with Gasteiger partial charge in [-0.2, -0.15) is 5.10 Å². The summed E-state index contributed by atoms with van der Waals surface area (Å²) >= 11 is 0. The molecule has 0 atom stereocenters.